The van der Waals surface area contributed by atoms with Crippen LogP contribution in [0.5, 0.6) is 0 Å². The summed E-state index contributed by atoms with van der Waals surface area (Å²) in [6, 6.07) is 8.99. The van der Waals surface area contributed by atoms with Crippen LogP contribution < -0.4 is 4.72 Å². The summed E-state index contributed by atoms with van der Waals surface area (Å²) in [7, 11) is -1.80. The molecule has 7 heteroatoms. The minimum atomic E-state index is -3.66. The van der Waals surface area contributed by atoms with Crippen molar-refractivity contribution in [1.82, 2.24) is 9.55 Å². The predicted octanol–water partition coefficient (Wildman–Crippen LogP) is 3.87. The van der Waals surface area contributed by atoms with E-state index in [2.05, 4.69) is 9.71 Å². The number of aryl methyl sites for hydroxylation is 2. The largest absolute Gasteiger partial charge is 0.345 e. The Kier molecular flexibility index (Phi) is 4.23. The van der Waals surface area contributed by atoms with Crippen LogP contribution >= 0.6 is 11.3 Å². The lowest BCUT2D eigenvalue weighted by atomic mass is 10.2. The Labute approximate surface area is 146 Å². The summed E-state index contributed by atoms with van der Waals surface area (Å²) in [6.45, 7) is 5.65. The number of nitrogens with zero attached hydrogens (tertiary/aromatic N) is 2. The van der Waals surface area contributed by atoms with E-state index in [1.807, 2.05) is 43.0 Å². The van der Waals surface area contributed by atoms with Crippen LogP contribution in [0.25, 0.3) is 10.7 Å². The zero-order valence-corrected chi connectivity index (χ0v) is 15.6. The molecular formula is C17H19N3O2S2. The van der Waals surface area contributed by atoms with Crippen LogP contribution in [0.1, 0.15) is 17.0 Å². The first kappa shape index (κ1) is 16.7. The summed E-state index contributed by atoms with van der Waals surface area (Å²) < 4.78 is 30.1. The van der Waals surface area contributed by atoms with Gasteiger partial charge in [0.25, 0.3) is 10.0 Å². The SMILES string of the molecule is Cc1cccc(NS(=O)(=O)c2cc(-c3nc(C)cs3)n(C)c2C)c1. The normalized spacial score (nSPS) is 11.7. The van der Waals surface area contributed by atoms with Gasteiger partial charge in [0.15, 0.2) is 0 Å². The van der Waals surface area contributed by atoms with Gasteiger partial charge in [-0.25, -0.2) is 13.4 Å². The molecule has 0 aliphatic carbocycles. The van der Waals surface area contributed by atoms with Crippen molar-refractivity contribution in [3.63, 3.8) is 0 Å². The predicted molar refractivity (Wildman–Crippen MR) is 98.0 cm³/mol. The third kappa shape index (κ3) is 3.09. The van der Waals surface area contributed by atoms with Gasteiger partial charge in [-0.3, -0.25) is 4.72 Å². The fourth-order valence-electron chi connectivity index (χ4n) is 2.54. The molecule has 2 aromatic heterocycles. The first-order valence-electron chi connectivity index (χ1n) is 7.46. The summed E-state index contributed by atoms with van der Waals surface area (Å²) in [5.74, 6) is 0. The van der Waals surface area contributed by atoms with Crippen molar-refractivity contribution in [2.45, 2.75) is 25.7 Å². The van der Waals surface area contributed by atoms with E-state index in [1.165, 1.54) is 11.3 Å². The van der Waals surface area contributed by atoms with Gasteiger partial charge in [-0.1, -0.05) is 12.1 Å². The topological polar surface area (TPSA) is 64.0 Å². The molecule has 2 heterocycles. The Morgan fingerprint density at radius 3 is 2.54 bits per heavy atom. The molecule has 0 spiro atoms. The maximum Gasteiger partial charge on any atom is 0.263 e. The zero-order chi connectivity index (χ0) is 17.5. The van der Waals surface area contributed by atoms with Crippen molar-refractivity contribution >= 4 is 27.0 Å². The number of hydrogen-bond donors (Lipinski definition) is 1. The molecule has 0 aliphatic rings. The number of aromatic nitrogens is 2. The number of thiazole rings is 1. The third-order valence-electron chi connectivity index (χ3n) is 3.89. The molecule has 0 amide bonds. The van der Waals surface area contributed by atoms with E-state index in [4.69, 9.17) is 0 Å². The molecule has 5 nitrogen and oxygen atoms in total. The van der Waals surface area contributed by atoms with Crippen LogP contribution in [0.2, 0.25) is 0 Å². The molecule has 3 aromatic rings. The van der Waals surface area contributed by atoms with Gasteiger partial charge in [-0.15, -0.1) is 11.3 Å². The van der Waals surface area contributed by atoms with E-state index in [1.54, 1.807) is 25.1 Å². The molecule has 24 heavy (non-hydrogen) atoms. The van der Waals surface area contributed by atoms with Gasteiger partial charge in [0.2, 0.25) is 0 Å². The van der Waals surface area contributed by atoms with Gasteiger partial charge in [-0.05, 0) is 44.5 Å². The highest BCUT2D eigenvalue weighted by Crippen LogP contribution is 2.30. The van der Waals surface area contributed by atoms with Crippen LogP contribution in [0.15, 0.2) is 40.6 Å². The van der Waals surface area contributed by atoms with Crippen LogP contribution in [0, 0.1) is 20.8 Å². The van der Waals surface area contributed by atoms with Crippen molar-refractivity contribution in [2.75, 3.05) is 4.72 Å². The summed E-state index contributed by atoms with van der Waals surface area (Å²) in [5.41, 5.74) is 3.97. The van der Waals surface area contributed by atoms with Gasteiger partial charge >= 0.3 is 0 Å². The second kappa shape index (κ2) is 6.07. The Hall–Kier alpha value is -2.12. The maximum atomic E-state index is 12.8. The summed E-state index contributed by atoms with van der Waals surface area (Å²) in [6.07, 6.45) is 0. The monoisotopic (exact) mass is 361 g/mol. The summed E-state index contributed by atoms with van der Waals surface area (Å²) >= 11 is 1.51. The van der Waals surface area contributed by atoms with E-state index in [9.17, 15) is 8.42 Å². The summed E-state index contributed by atoms with van der Waals surface area (Å²) in [5, 5.41) is 2.77. The Morgan fingerprint density at radius 2 is 1.92 bits per heavy atom. The van der Waals surface area contributed by atoms with E-state index in [-0.39, 0.29) is 4.90 Å². The molecule has 126 valence electrons. The molecule has 3 rings (SSSR count). The van der Waals surface area contributed by atoms with E-state index < -0.39 is 10.0 Å². The Balaban J connectivity index is 2.02. The van der Waals surface area contributed by atoms with Crippen molar-refractivity contribution in [3.8, 4) is 10.7 Å². The van der Waals surface area contributed by atoms with Crippen molar-refractivity contribution < 1.29 is 8.42 Å². The number of benzene rings is 1. The van der Waals surface area contributed by atoms with Crippen molar-refractivity contribution in [1.29, 1.82) is 0 Å². The summed E-state index contributed by atoms with van der Waals surface area (Å²) in [4.78, 5) is 4.73. The van der Waals surface area contributed by atoms with Crippen molar-refractivity contribution in [3.05, 3.63) is 52.7 Å². The lowest BCUT2D eigenvalue weighted by molar-refractivity contribution is 0.600. The number of sulfonamides is 1. The van der Waals surface area contributed by atoms with E-state index >= 15 is 0 Å². The molecule has 0 saturated carbocycles. The van der Waals surface area contributed by atoms with Gasteiger partial charge in [-0.2, -0.15) is 0 Å². The number of hydrogen-bond acceptors (Lipinski definition) is 4. The van der Waals surface area contributed by atoms with Gasteiger partial charge in [0.1, 0.15) is 9.90 Å². The molecule has 0 aliphatic heterocycles. The van der Waals surface area contributed by atoms with Crippen molar-refractivity contribution in [2.24, 2.45) is 7.05 Å². The van der Waals surface area contributed by atoms with Crippen LogP contribution in [-0.2, 0) is 17.1 Å². The van der Waals surface area contributed by atoms with Crippen LogP contribution in [-0.4, -0.2) is 18.0 Å². The lowest BCUT2D eigenvalue weighted by Gasteiger charge is -2.08. The van der Waals surface area contributed by atoms with Crippen LogP contribution in [0.4, 0.5) is 5.69 Å². The molecule has 0 radical (unpaired) electrons. The smallest absolute Gasteiger partial charge is 0.263 e. The molecule has 0 unspecified atom stereocenters. The fraction of sp³-hybridized carbons (Fsp3) is 0.235. The number of rotatable bonds is 4. The highest BCUT2D eigenvalue weighted by Gasteiger charge is 2.23. The number of nitrogens with one attached hydrogen (secondary N) is 1. The maximum absolute atomic E-state index is 12.8. The molecule has 1 aromatic carbocycles. The minimum Gasteiger partial charge on any atom is -0.345 e. The molecular weight excluding hydrogens is 342 g/mol. The van der Waals surface area contributed by atoms with Gasteiger partial charge < -0.3 is 4.57 Å². The average Bonchev–Trinajstić information content (AvgIpc) is 3.04. The standard InChI is InChI=1S/C17H19N3O2S2/c1-11-6-5-7-14(8-11)19-24(21,22)16-9-15(20(4)13(16)3)17-18-12(2)10-23-17/h5-10,19H,1-4H3. The second-order valence-corrected chi connectivity index (χ2v) is 8.32. The molecule has 1 N–H and O–H groups in total. The van der Waals surface area contributed by atoms with Gasteiger partial charge in [0, 0.05) is 29.5 Å². The van der Waals surface area contributed by atoms with Gasteiger partial charge in [0.05, 0.1) is 5.69 Å². The number of anilines is 1. The first-order chi connectivity index (χ1) is 11.3. The molecule has 0 atom stereocenters. The first-order valence-corrected chi connectivity index (χ1v) is 9.82. The Bertz CT molecular complexity index is 1000. The quantitative estimate of drug-likeness (QED) is 0.767. The zero-order valence-electron chi connectivity index (χ0n) is 14.0. The minimum absolute atomic E-state index is 0.273. The Morgan fingerprint density at radius 1 is 1.17 bits per heavy atom. The van der Waals surface area contributed by atoms with E-state index in [0.29, 0.717) is 11.4 Å². The molecule has 0 saturated heterocycles. The molecule has 0 fully saturated rings. The molecule has 0 bridgehead atoms. The highest BCUT2D eigenvalue weighted by molar-refractivity contribution is 7.92. The van der Waals surface area contributed by atoms with E-state index in [0.717, 1.165) is 22.0 Å². The third-order valence-corrected chi connectivity index (χ3v) is 6.37. The average molecular weight is 361 g/mol. The second-order valence-electron chi connectivity index (χ2n) is 5.81. The highest BCUT2D eigenvalue weighted by atomic mass is 32.2. The lowest BCUT2D eigenvalue weighted by Crippen LogP contribution is -2.13. The fourth-order valence-corrected chi connectivity index (χ4v) is 4.73. The van der Waals surface area contributed by atoms with Crippen LogP contribution in [0.3, 0.4) is 0 Å².